The van der Waals surface area contributed by atoms with Gasteiger partial charge in [0.15, 0.2) is 11.0 Å². The fraction of sp³-hybridized carbons (Fsp3) is 0.471. The predicted molar refractivity (Wildman–Crippen MR) is 101 cm³/mol. The molecule has 9 nitrogen and oxygen atoms in total. The van der Waals surface area contributed by atoms with Gasteiger partial charge in [-0.05, 0) is 19.2 Å². The second kappa shape index (κ2) is 6.84. The Morgan fingerprint density at radius 1 is 1.26 bits per heavy atom. The van der Waals surface area contributed by atoms with Gasteiger partial charge < -0.3 is 9.47 Å². The Morgan fingerprint density at radius 2 is 2.07 bits per heavy atom. The van der Waals surface area contributed by atoms with E-state index in [0.29, 0.717) is 18.8 Å². The number of amides is 1. The molecule has 0 spiro atoms. The monoisotopic (exact) mass is 386 g/mol. The van der Waals surface area contributed by atoms with Gasteiger partial charge in [0.1, 0.15) is 11.4 Å². The van der Waals surface area contributed by atoms with Gasteiger partial charge in [-0.25, -0.2) is 0 Å². The van der Waals surface area contributed by atoms with E-state index in [2.05, 4.69) is 20.4 Å². The Hall–Kier alpha value is -2.62. The first-order valence-electron chi connectivity index (χ1n) is 8.84. The van der Waals surface area contributed by atoms with Crippen LogP contribution in [0.4, 0.5) is 0 Å². The van der Waals surface area contributed by atoms with E-state index in [1.165, 1.54) is 0 Å². The van der Waals surface area contributed by atoms with Crippen LogP contribution in [0.3, 0.4) is 0 Å². The minimum absolute atomic E-state index is 0.0505. The van der Waals surface area contributed by atoms with E-state index in [4.69, 9.17) is 0 Å². The molecule has 1 aliphatic rings. The van der Waals surface area contributed by atoms with Crippen molar-refractivity contribution in [2.45, 2.75) is 31.6 Å². The third kappa shape index (κ3) is 2.93. The summed E-state index contributed by atoms with van der Waals surface area (Å²) < 4.78 is 5.60. The van der Waals surface area contributed by atoms with Crippen molar-refractivity contribution in [3.8, 4) is 11.5 Å². The van der Waals surface area contributed by atoms with Crippen LogP contribution in [0.15, 0.2) is 17.4 Å². The molecule has 0 unspecified atom stereocenters. The molecule has 1 aliphatic heterocycles. The molecule has 1 amide bonds. The number of hydrogen-bond donors (Lipinski definition) is 0. The van der Waals surface area contributed by atoms with E-state index >= 15 is 0 Å². The second-order valence-electron chi connectivity index (χ2n) is 6.50. The molecule has 27 heavy (non-hydrogen) atoms. The SMILES string of the molecule is CCn1ccc(C(=O)N2CCc3c(c(-c4nnc(SC)n4C)nn3C)C2)n1. The van der Waals surface area contributed by atoms with E-state index in [0.717, 1.165) is 40.9 Å². The molecule has 142 valence electrons. The highest BCUT2D eigenvalue weighted by Gasteiger charge is 2.30. The van der Waals surface area contributed by atoms with Crippen molar-refractivity contribution in [3.05, 3.63) is 29.2 Å². The van der Waals surface area contributed by atoms with Gasteiger partial charge in [-0.2, -0.15) is 10.2 Å². The van der Waals surface area contributed by atoms with Crippen LogP contribution >= 0.6 is 11.8 Å². The van der Waals surface area contributed by atoms with Crippen molar-refractivity contribution in [3.63, 3.8) is 0 Å². The summed E-state index contributed by atoms with van der Waals surface area (Å²) >= 11 is 1.54. The topological polar surface area (TPSA) is 86.7 Å². The minimum Gasteiger partial charge on any atom is -0.332 e. The highest BCUT2D eigenvalue weighted by atomic mass is 32.2. The third-order valence-corrected chi connectivity index (χ3v) is 5.66. The van der Waals surface area contributed by atoms with E-state index < -0.39 is 0 Å². The lowest BCUT2D eigenvalue weighted by atomic mass is 10.0. The maximum Gasteiger partial charge on any atom is 0.274 e. The summed E-state index contributed by atoms with van der Waals surface area (Å²) in [5, 5.41) is 18.4. The van der Waals surface area contributed by atoms with E-state index in [1.54, 1.807) is 22.5 Å². The molecule has 10 heteroatoms. The first-order chi connectivity index (χ1) is 13.0. The van der Waals surface area contributed by atoms with Crippen molar-refractivity contribution in [1.29, 1.82) is 0 Å². The molecule has 0 bridgehead atoms. The van der Waals surface area contributed by atoms with Crippen LogP contribution in [0.1, 0.15) is 28.7 Å². The summed E-state index contributed by atoms with van der Waals surface area (Å²) in [6, 6.07) is 1.78. The summed E-state index contributed by atoms with van der Waals surface area (Å²) in [7, 11) is 3.87. The van der Waals surface area contributed by atoms with E-state index in [1.807, 2.05) is 47.6 Å². The Morgan fingerprint density at radius 3 is 2.74 bits per heavy atom. The minimum atomic E-state index is -0.0505. The highest BCUT2D eigenvalue weighted by Crippen LogP contribution is 2.30. The van der Waals surface area contributed by atoms with Gasteiger partial charge in [0.2, 0.25) is 0 Å². The van der Waals surface area contributed by atoms with E-state index in [9.17, 15) is 4.79 Å². The number of aromatic nitrogens is 7. The van der Waals surface area contributed by atoms with Crippen molar-refractivity contribution in [2.24, 2.45) is 14.1 Å². The summed E-state index contributed by atoms with van der Waals surface area (Å²) in [6.45, 7) is 3.89. The zero-order valence-electron chi connectivity index (χ0n) is 15.9. The molecule has 0 aromatic carbocycles. The van der Waals surface area contributed by atoms with Crippen molar-refractivity contribution < 1.29 is 4.79 Å². The van der Waals surface area contributed by atoms with Crippen molar-refractivity contribution in [1.82, 2.24) is 39.2 Å². The number of carbonyl (C=O) groups is 1. The average molecular weight is 386 g/mol. The van der Waals surface area contributed by atoms with Gasteiger partial charge in [0.25, 0.3) is 5.91 Å². The van der Waals surface area contributed by atoms with Crippen LogP contribution < -0.4 is 0 Å². The molecule has 0 atom stereocenters. The maximum atomic E-state index is 12.9. The Labute approximate surface area is 161 Å². The van der Waals surface area contributed by atoms with Crippen LogP contribution in [0, 0.1) is 0 Å². The fourth-order valence-electron chi connectivity index (χ4n) is 3.46. The summed E-state index contributed by atoms with van der Waals surface area (Å²) in [6.07, 6.45) is 4.56. The number of carbonyl (C=O) groups excluding carboxylic acids is 1. The smallest absolute Gasteiger partial charge is 0.274 e. The second-order valence-corrected chi connectivity index (χ2v) is 7.27. The van der Waals surface area contributed by atoms with Gasteiger partial charge in [-0.3, -0.25) is 14.2 Å². The highest BCUT2D eigenvalue weighted by molar-refractivity contribution is 7.98. The van der Waals surface area contributed by atoms with Gasteiger partial charge in [-0.1, -0.05) is 11.8 Å². The quantitative estimate of drug-likeness (QED) is 0.629. The van der Waals surface area contributed by atoms with Crippen LogP contribution in [-0.2, 0) is 33.6 Å². The molecule has 4 rings (SSSR count). The molecule has 0 radical (unpaired) electrons. The molecular formula is C17H22N8OS. The van der Waals surface area contributed by atoms with Gasteiger partial charge >= 0.3 is 0 Å². The Bertz CT molecular complexity index is 1000. The number of fused-ring (bicyclic) bond motifs is 1. The zero-order chi connectivity index (χ0) is 19.1. The predicted octanol–water partition coefficient (Wildman–Crippen LogP) is 1.35. The molecule has 3 aromatic heterocycles. The molecular weight excluding hydrogens is 364 g/mol. The summed E-state index contributed by atoms with van der Waals surface area (Å²) in [4.78, 5) is 14.7. The summed E-state index contributed by atoms with van der Waals surface area (Å²) in [5.74, 6) is 0.672. The molecule has 0 N–H and O–H groups in total. The fourth-order valence-corrected chi connectivity index (χ4v) is 3.94. The number of rotatable bonds is 4. The third-order valence-electron chi connectivity index (χ3n) is 4.94. The average Bonchev–Trinajstić information content (AvgIpc) is 3.38. The lowest BCUT2D eigenvalue weighted by Gasteiger charge is -2.27. The first-order valence-corrected chi connectivity index (χ1v) is 10.1. The van der Waals surface area contributed by atoms with Crippen LogP contribution in [0.25, 0.3) is 11.5 Å². The molecule has 0 saturated heterocycles. The maximum absolute atomic E-state index is 12.9. The molecule has 0 saturated carbocycles. The van der Waals surface area contributed by atoms with Gasteiger partial charge in [0.05, 0.1) is 6.54 Å². The molecule has 3 aromatic rings. The van der Waals surface area contributed by atoms with Crippen molar-refractivity contribution >= 4 is 17.7 Å². The molecule has 4 heterocycles. The normalized spacial score (nSPS) is 13.9. The lowest BCUT2D eigenvalue weighted by molar-refractivity contribution is 0.0726. The van der Waals surface area contributed by atoms with Gasteiger partial charge in [0, 0.05) is 51.1 Å². The number of thioether (sulfide) groups is 1. The van der Waals surface area contributed by atoms with Gasteiger partial charge in [-0.15, -0.1) is 10.2 Å². The number of nitrogens with zero attached hydrogens (tertiary/aromatic N) is 8. The summed E-state index contributed by atoms with van der Waals surface area (Å²) in [5.41, 5.74) is 3.45. The van der Waals surface area contributed by atoms with Crippen LogP contribution in [0.5, 0.6) is 0 Å². The molecule has 0 fully saturated rings. The largest absolute Gasteiger partial charge is 0.332 e. The van der Waals surface area contributed by atoms with Crippen molar-refractivity contribution in [2.75, 3.05) is 12.8 Å². The molecule has 0 aliphatic carbocycles. The standard InChI is InChI=1S/C17H22N8OS/c1-5-25-9-6-12(20-25)16(26)24-8-7-13-11(10-24)14(21-23(13)3)15-18-19-17(27-4)22(15)2/h6,9H,5,7-8,10H2,1-4H3. The van der Waals surface area contributed by atoms with E-state index in [-0.39, 0.29) is 5.91 Å². The Balaban J connectivity index is 1.67. The van der Waals surface area contributed by atoms with Crippen LogP contribution in [-0.4, -0.2) is 57.9 Å². The zero-order valence-corrected chi connectivity index (χ0v) is 16.7. The first kappa shape index (κ1) is 17.8. The lowest BCUT2D eigenvalue weighted by Crippen LogP contribution is -2.36. The number of aryl methyl sites for hydroxylation is 2. The number of hydrogen-bond acceptors (Lipinski definition) is 6. The van der Waals surface area contributed by atoms with Crippen LogP contribution in [0.2, 0.25) is 0 Å². The Kier molecular flexibility index (Phi) is 4.50.